The maximum absolute atomic E-state index is 12.2. The second kappa shape index (κ2) is 8.62. The van der Waals surface area contributed by atoms with Gasteiger partial charge in [-0.2, -0.15) is 0 Å². The number of unbranched alkanes of at least 4 members (excludes halogenated alkanes) is 1. The van der Waals surface area contributed by atoms with Crippen molar-refractivity contribution in [3.8, 4) is 5.75 Å². The minimum atomic E-state index is -0.586. The molecule has 2 aromatic rings. The molecule has 0 aliphatic carbocycles. The number of ether oxygens (including phenoxy) is 2. The van der Waals surface area contributed by atoms with Crippen molar-refractivity contribution in [1.82, 2.24) is 0 Å². The maximum Gasteiger partial charge on any atom is 0.343 e. The molecule has 0 aromatic heterocycles. The number of hydrogen-bond donors (Lipinski definition) is 0. The van der Waals surface area contributed by atoms with Gasteiger partial charge in [0.1, 0.15) is 12.0 Å². The third kappa shape index (κ3) is 4.78. The Hall–Kier alpha value is -2.95. The number of hydrogen-bond acceptors (Lipinski definition) is 5. The van der Waals surface area contributed by atoms with Crippen LogP contribution in [-0.4, -0.2) is 24.8 Å². The first-order chi connectivity index (χ1) is 11.6. The first-order valence-electron chi connectivity index (χ1n) is 7.68. The highest BCUT2D eigenvalue weighted by Gasteiger charge is 2.13. The Balaban J connectivity index is 2.05. The lowest BCUT2D eigenvalue weighted by atomic mass is 10.1. The van der Waals surface area contributed by atoms with Crippen molar-refractivity contribution in [2.75, 3.05) is 6.61 Å². The van der Waals surface area contributed by atoms with Crippen molar-refractivity contribution in [2.45, 2.75) is 19.8 Å². The molecule has 0 bridgehead atoms. The van der Waals surface area contributed by atoms with Crippen molar-refractivity contribution in [3.63, 3.8) is 0 Å². The molecule has 0 spiro atoms. The number of esters is 2. The molecule has 5 nitrogen and oxygen atoms in total. The van der Waals surface area contributed by atoms with Crippen LogP contribution in [0.1, 0.15) is 50.8 Å². The highest BCUT2D eigenvalue weighted by Crippen LogP contribution is 2.15. The zero-order valence-corrected chi connectivity index (χ0v) is 13.4. The van der Waals surface area contributed by atoms with Gasteiger partial charge in [0, 0.05) is 5.56 Å². The number of carbonyl (C=O) groups excluding carboxylic acids is 3. The van der Waals surface area contributed by atoms with Crippen LogP contribution in [0.15, 0.2) is 48.5 Å². The SMILES string of the molecule is CCCCOC(=O)c1cccc(C(=O)Oc2ccc(C=O)cc2)c1. The van der Waals surface area contributed by atoms with E-state index in [0.717, 1.165) is 12.8 Å². The zero-order valence-electron chi connectivity index (χ0n) is 13.4. The first kappa shape index (κ1) is 17.4. The largest absolute Gasteiger partial charge is 0.462 e. The fourth-order valence-electron chi connectivity index (χ4n) is 1.95. The highest BCUT2D eigenvalue weighted by atomic mass is 16.5. The Bertz CT molecular complexity index is 719. The van der Waals surface area contributed by atoms with Crippen molar-refractivity contribution in [2.24, 2.45) is 0 Å². The predicted molar refractivity (Wildman–Crippen MR) is 88.4 cm³/mol. The van der Waals surface area contributed by atoms with E-state index in [0.29, 0.717) is 29.8 Å². The van der Waals surface area contributed by atoms with E-state index in [4.69, 9.17) is 9.47 Å². The number of aldehydes is 1. The van der Waals surface area contributed by atoms with Crippen LogP contribution in [0.5, 0.6) is 5.75 Å². The topological polar surface area (TPSA) is 69.7 Å². The van der Waals surface area contributed by atoms with E-state index in [1.54, 1.807) is 30.3 Å². The molecule has 0 fully saturated rings. The second-order valence-electron chi connectivity index (χ2n) is 5.15. The molecule has 0 aliphatic rings. The summed E-state index contributed by atoms with van der Waals surface area (Å²) in [6, 6.07) is 12.4. The van der Waals surface area contributed by atoms with Gasteiger partial charge in [-0.3, -0.25) is 4.79 Å². The molecule has 2 aromatic carbocycles. The normalized spacial score (nSPS) is 10.0. The molecule has 0 atom stereocenters. The van der Waals surface area contributed by atoms with Gasteiger partial charge >= 0.3 is 11.9 Å². The number of benzene rings is 2. The van der Waals surface area contributed by atoms with Crippen LogP contribution < -0.4 is 4.74 Å². The minimum Gasteiger partial charge on any atom is -0.462 e. The Morgan fingerprint density at radius 3 is 2.29 bits per heavy atom. The first-order valence-corrected chi connectivity index (χ1v) is 7.68. The van der Waals surface area contributed by atoms with Crippen LogP contribution in [0.3, 0.4) is 0 Å². The monoisotopic (exact) mass is 326 g/mol. The van der Waals surface area contributed by atoms with Gasteiger partial charge in [0.15, 0.2) is 0 Å². The Labute approximate surface area is 140 Å². The summed E-state index contributed by atoms with van der Waals surface area (Å²) in [6.45, 7) is 2.36. The van der Waals surface area contributed by atoms with Gasteiger partial charge in [-0.05, 0) is 48.9 Å². The van der Waals surface area contributed by atoms with E-state index in [1.165, 1.54) is 18.2 Å². The third-order valence-electron chi connectivity index (χ3n) is 3.29. The van der Waals surface area contributed by atoms with Crippen molar-refractivity contribution >= 4 is 18.2 Å². The Kier molecular flexibility index (Phi) is 6.25. The molecule has 0 amide bonds. The van der Waals surface area contributed by atoms with Gasteiger partial charge < -0.3 is 9.47 Å². The van der Waals surface area contributed by atoms with Crippen molar-refractivity contribution in [1.29, 1.82) is 0 Å². The summed E-state index contributed by atoms with van der Waals surface area (Å²) in [6.07, 6.45) is 2.44. The standard InChI is InChI=1S/C19H18O5/c1-2-3-11-23-18(21)15-5-4-6-16(12-15)19(22)24-17-9-7-14(13-20)8-10-17/h4-10,12-13H,2-3,11H2,1H3. The van der Waals surface area contributed by atoms with Crippen LogP contribution in [0.4, 0.5) is 0 Å². The summed E-state index contributed by atoms with van der Waals surface area (Å²) in [5, 5.41) is 0. The molecule has 0 saturated carbocycles. The summed E-state index contributed by atoms with van der Waals surface area (Å²) in [5.74, 6) is -0.730. The number of rotatable bonds is 7. The minimum absolute atomic E-state index is 0.249. The van der Waals surface area contributed by atoms with E-state index in [1.807, 2.05) is 6.92 Å². The van der Waals surface area contributed by atoms with Crippen LogP contribution >= 0.6 is 0 Å². The highest BCUT2D eigenvalue weighted by molar-refractivity contribution is 5.96. The molecule has 5 heteroatoms. The average Bonchev–Trinajstić information content (AvgIpc) is 2.62. The van der Waals surface area contributed by atoms with Gasteiger partial charge in [-0.1, -0.05) is 19.4 Å². The summed E-state index contributed by atoms with van der Waals surface area (Å²) >= 11 is 0. The fraction of sp³-hybridized carbons (Fsp3) is 0.211. The molecule has 0 N–H and O–H groups in total. The zero-order chi connectivity index (χ0) is 17.4. The van der Waals surface area contributed by atoms with Gasteiger partial charge in [-0.25, -0.2) is 9.59 Å². The lowest BCUT2D eigenvalue weighted by Gasteiger charge is -2.07. The molecule has 0 radical (unpaired) electrons. The summed E-state index contributed by atoms with van der Waals surface area (Å²) in [4.78, 5) is 34.7. The molecular weight excluding hydrogens is 308 g/mol. The van der Waals surface area contributed by atoms with Gasteiger partial charge in [0.25, 0.3) is 0 Å². The van der Waals surface area contributed by atoms with E-state index < -0.39 is 11.9 Å². The van der Waals surface area contributed by atoms with Crippen molar-refractivity contribution in [3.05, 3.63) is 65.2 Å². The molecule has 0 unspecified atom stereocenters. The summed E-state index contributed by atoms with van der Waals surface area (Å²) < 4.78 is 10.3. The molecular formula is C19H18O5. The van der Waals surface area contributed by atoms with Crippen molar-refractivity contribution < 1.29 is 23.9 Å². The Morgan fingerprint density at radius 1 is 1.00 bits per heavy atom. The smallest absolute Gasteiger partial charge is 0.343 e. The molecule has 2 rings (SSSR count). The van der Waals surface area contributed by atoms with E-state index in [-0.39, 0.29) is 5.56 Å². The predicted octanol–water partition coefficient (Wildman–Crippen LogP) is 3.68. The molecule has 0 saturated heterocycles. The van der Waals surface area contributed by atoms with Gasteiger partial charge in [0.2, 0.25) is 0 Å². The van der Waals surface area contributed by atoms with Gasteiger partial charge in [0.05, 0.1) is 17.7 Å². The molecule has 124 valence electrons. The fourth-order valence-corrected chi connectivity index (χ4v) is 1.95. The summed E-state index contributed by atoms with van der Waals surface area (Å²) in [7, 11) is 0. The molecule has 0 heterocycles. The number of carbonyl (C=O) groups is 3. The lowest BCUT2D eigenvalue weighted by molar-refractivity contribution is 0.0499. The van der Waals surface area contributed by atoms with Crippen LogP contribution in [0, 0.1) is 0 Å². The molecule has 24 heavy (non-hydrogen) atoms. The maximum atomic E-state index is 12.2. The van der Waals surface area contributed by atoms with Gasteiger partial charge in [-0.15, -0.1) is 0 Å². The molecule has 0 aliphatic heterocycles. The third-order valence-corrected chi connectivity index (χ3v) is 3.29. The van der Waals surface area contributed by atoms with E-state index in [2.05, 4.69) is 0 Å². The van der Waals surface area contributed by atoms with E-state index in [9.17, 15) is 14.4 Å². The quantitative estimate of drug-likeness (QED) is 0.336. The average molecular weight is 326 g/mol. The summed E-state index contributed by atoms with van der Waals surface area (Å²) in [5.41, 5.74) is 1.04. The lowest BCUT2D eigenvalue weighted by Crippen LogP contribution is -2.11. The van der Waals surface area contributed by atoms with Crippen LogP contribution in [0.2, 0.25) is 0 Å². The van der Waals surface area contributed by atoms with Crippen LogP contribution in [0.25, 0.3) is 0 Å². The second-order valence-corrected chi connectivity index (χ2v) is 5.15. The Morgan fingerprint density at radius 2 is 1.67 bits per heavy atom. The van der Waals surface area contributed by atoms with Crippen LogP contribution in [-0.2, 0) is 4.74 Å². The van der Waals surface area contributed by atoms with E-state index >= 15 is 0 Å².